The lowest BCUT2D eigenvalue weighted by atomic mass is 9.98. The normalized spacial score (nSPS) is 16.9. The second-order valence-electron chi connectivity index (χ2n) is 2.93. The van der Waals surface area contributed by atoms with Crippen molar-refractivity contribution in [2.75, 3.05) is 0 Å². The molecular weight excluding hydrogens is 190 g/mol. The van der Waals surface area contributed by atoms with E-state index in [1.165, 1.54) is 6.92 Å². The summed E-state index contributed by atoms with van der Waals surface area (Å²) < 4.78 is 0. The molecule has 0 heterocycles. The summed E-state index contributed by atoms with van der Waals surface area (Å²) in [6.45, 7) is 1.46. The summed E-state index contributed by atoms with van der Waals surface area (Å²) in [5, 5.41) is 8.27. The molecule has 80 valence electrons. The molecular formula is C7H13N3O4. The zero-order chi connectivity index (χ0) is 11.5. The first-order chi connectivity index (χ1) is 6.29. The first-order valence-corrected chi connectivity index (χ1v) is 3.86. The monoisotopic (exact) mass is 203 g/mol. The Kier molecular flexibility index (Phi) is 4.35. The van der Waals surface area contributed by atoms with Gasteiger partial charge in [0.15, 0.2) is 5.78 Å². The first kappa shape index (κ1) is 12.7. The molecule has 0 fully saturated rings. The Labute approximate surface area is 80.2 Å². The number of carboxylic acid groups (broad SMARTS) is 1. The van der Waals surface area contributed by atoms with Gasteiger partial charge in [-0.3, -0.25) is 9.59 Å². The number of nitrogens with two attached hydrogens (primary N) is 3. The van der Waals surface area contributed by atoms with Crippen molar-refractivity contribution in [3.05, 3.63) is 0 Å². The summed E-state index contributed by atoms with van der Waals surface area (Å²) in [5.74, 6) is -4.01. The number of carboxylic acids is 1. The summed E-state index contributed by atoms with van der Waals surface area (Å²) in [5.41, 5.74) is 15.7. The Morgan fingerprint density at radius 1 is 1.14 bits per heavy atom. The van der Waals surface area contributed by atoms with Crippen LogP contribution in [0.5, 0.6) is 0 Å². The highest BCUT2D eigenvalue weighted by molar-refractivity contribution is 6.39. The van der Waals surface area contributed by atoms with E-state index in [4.69, 9.17) is 22.3 Å². The third-order valence-corrected chi connectivity index (χ3v) is 1.69. The van der Waals surface area contributed by atoms with Gasteiger partial charge in [0.1, 0.15) is 6.04 Å². The van der Waals surface area contributed by atoms with Gasteiger partial charge in [-0.15, -0.1) is 0 Å². The van der Waals surface area contributed by atoms with Gasteiger partial charge in [-0.25, -0.2) is 4.79 Å². The van der Waals surface area contributed by atoms with Crippen LogP contribution in [-0.2, 0) is 14.4 Å². The van der Waals surface area contributed by atoms with Gasteiger partial charge in [0.05, 0.1) is 6.04 Å². The van der Waals surface area contributed by atoms with Crippen molar-refractivity contribution in [3.8, 4) is 0 Å². The van der Waals surface area contributed by atoms with Crippen molar-refractivity contribution in [2.24, 2.45) is 17.2 Å². The van der Waals surface area contributed by atoms with Crippen LogP contribution in [0.3, 0.4) is 0 Å². The number of carbonyl (C=O) groups excluding carboxylic acids is 2. The lowest BCUT2D eigenvalue weighted by Crippen LogP contribution is -2.55. The molecule has 0 amide bonds. The quantitative estimate of drug-likeness (QED) is 0.278. The number of Topliss-reactive ketones (excluding diaryl/α,β-unsaturated/α-hetero) is 2. The Balaban J connectivity index is 4.55. The van der Waals surface area contributed by atoms with Crippen LogP contribution in [0.4, 0.5) is 0 Å². The fourth-order valence-electron chi connectivity index (χ4n) is 0.729. The molecule has 0 aromatic rings. The third-order valence-electron chi connectivity index (χ3n) is 1.69. The van der Waals surface area contributed by atoms with Crippen molar-refractivity contribution >= 4 is 17.5 Å². The van der Waals surface area contributed by atoms with Gasteiger partial charge in [-0.1, -0.05) is 0 Å². The maximum Gasteiger partial charge on any atom is 0.374 e. The van der Waals surface area contributed by atoms with Crippen LogP contribution in [0, 0.1) is 0 Å². The van der Waals surface area contributed by atoms with Crippen LogP contribution in [0.25, 0.3) is 0 Å². The maximum absolute atomic E-state index is 11.2. The van der Waals surface area contributed by atoms with Crippen LogP contribution >= 0.6 is 0 Å². The van der Waals surface area contributed by atoms with E-state index in [2.05, 4.69) is 0 Å². The molecule has 3 unspecified atom stereocenters. The minimum atomic E-state index is -1.76. The van der Waals surface area contributed by atoms with Crippen molar-refractivity contribution in [3.63, 3.8) is 0 Å². The molecule has 7 N–H and O–H groups in total. The van der Waals surface area contributed by atoms with E-state index in [0.29, 0.717) is 0 Å². The topological polar surface area (TPSA) is 149 Å². The van der Waals surface area contributed by atoms with Crippen LogP contribution in [0.1, 0.15) is 6.92 Å². The van der Waals surface area contributed by atoms with Gasteiger partial charge < -0.3 is 22.3 Å². The molecule has 3 atom stereocenters. The third kappa shape index (κ3) is 2.87. The Morgan fingerprint density at radius 3 is 1.86 bits per heavy atom. The number of carbonyl (C=O) groups is 3. The molecule has 0 radical (unpaired) electrons. The van der Waals surface area contributed by atoms with E-state index in [1.54, 1.807) is 0 Å². The number of ketones is 2. The maximum atomic E-state index is 11.2. The summed E-state index contributed by atoms with van der Waals surface area (Å²) in [6.07, 6.45) is 0. The molecule has 7 nitrogen and oxygen atoms in total. The Hall–Kier alpha value is -1.31. The molecule has 0 saturated carbocycles. The van der Waals surface area contributed by atoms with Crippen LogP contribution in [0.15, 0.2) is 0 Å². The molecule has 0 spiro atoms. The zero-order valence-corrected chi connectivity index (χ0v) is 7.64. The van der Waals surface area contributed by atoms with E-state index < -0.39 is 35.7 Å². The summed E-state index contributed by atoms with van der Waals surface area (Å²) in [6, 6.07) is -3.56. The van der Waals surface area contributed by atoms with Crippen molar-refractivity contribution in [1.29, 1.82) is 0 Å². The highest BCUT2D eigenvalue weighted by Gasteiger charge is 2.32. The number of aliphatic carboxylic acids is 1. The second kappa shape index (κ2) is 4.80. The van der Waals surface area contributed by atoms with Gasteiger partial charge in [0, 0.05) is 6.04 Å². The summed E-state index contributed by atoms with van der Waals surface area (Å²) >= 11 is 0. The molecule has 0 aliphatic heterocycles. The van der Waals surface area contributed by atoms with Crippen LogP contribution in [0.2, 0.25) is 0 Å². The van der Waals surface area contributed by atoms with E-state index in [1.807, 2.05) is 0 Å². The molecule has 7 heteroatoms. The molecule has 14 heavy (non-hydrogen) atoms. The van der Waals surface area contributed by atoms with Gasteiger partial charge in [0.25, 0.3) is 5.78 Å². The molecule has 0 aromatic carbocycles. The molecule has 0 bridgehead atoms. The van der Waals surface area contributed by atoms with Crippen molar-refractivity contribution in [1.82, 2.24) is 0 Å². The fraction of sp³-hybridized carbons (Fsp3) is 0.571. The highest BCUT2D eigenvalue weighted by Crippen LogP contribution is 1.94. The SMILES string of the molecule is CC(N)C(N)C(=O)C(N)C(=O)C(=O)O. The lowest BCUT2D eigenvalue weighted by Gasteiger charge is -2.16. The van der Waals surface area contributed by atoms with Crippen molar-refractivity contribution in [2.45, 2.75) is 25.0 Å². The summed E-state index contributed by atoms with van der Waals surface area (Å²) in [4.78, 5) is 32.2. The largest absolute Gasteiger partial charge is 0.475 e. The molecule has 0 rings (SSSR count). The number of hydrogen-bond acceptors (Lipinski definition) is 6. The Morgan fingerprint density at radius 2 is 1.57 bits per heavy atom. The predicted molar refractivity (Wildman–Crippen MR) is 47.2 cm³/mol. The van der Waals surface area contributed by atoms with Crippen molar-refractivity contribution < 1.29 is 19.5 Å². The minimum Gasteiger partial charge on any atom is -0.475 e. The molecule has 0 aliphatic rings. The first-order valence-electron chi connectivity index (χ1n) is 3.86. The molecule has 0 saturated heterocycles. The lowest BCUT2D eigenvalue weighted by molar-refractivity contribution is -0.151. The molecule has 0 aliphatic carbocycles. The highest BCUT2D eigenvalue weighted by atomic mass is 16.4. The minimum absolute atomic E-state index is 0.685. The van der Waals surface area contributed by atoms with E-state index in [-0.39, 0.29) is 0 Å². The second-order valence-corrected chi connectivity index (χ2v) is 2.93. The smallest absolute Gasteiger partial charge is 0.374 e. The van der Waals surface area contributed by atoms with Gasteiger partial charge in [0.2, 0.25) is 0 Å². The van der Waals surface area contributed by atoms with E-state index >= 15 is 0 Å². The van der Waals surface area contributed by atoms with Crippen LogP contribution in [-0.4, -0.2) is 40.8 Å². The van der Waals surface area contributed by atoms with Gasteiger partial charge in [-0.2, -0.15) is 0 Å². The molecule has 0 aromatic heterocycles. The number of rotatable bonds is 5. The average molecular weight is 203 g/mol. The van der Waals surface area contributed by atoms with E-state index in [9.17, 15) is 14.4 Å². The summed E-state index contributed by atoms with van der Waals surface area (Å²) in [7, 11) is 0. The Bertz CT molecular complexity index is 264. The average Bonchev–Trinajstić information content (AvgIpc) is 2.12. The predicted octanol–water partition coefficient (Wildman–Crippen LogP) is -2.79. The zero-order valence-electron chi connectivity index (χ0n) is 7.64. The van der Waals surface area contributed by atoms with Gasteiger partial charge >= 0.3 is 5.97 Å². The standard InChI is InChI=1S/C7H13N3O4/c1-2(8)3(9)5(11)4(10)6(12)7(13)14/h2-4H,8-10H2,1H3,(H,13,14). The number of hydrogen-bond donors (Lipinski definition) is 4. The van der Waals surface area contributed by atoms with Gasteiger partial charge in [-0.05, 0) is 6.92 Å². The van der Waals surface area contributed by atoms with Crippen LogP contribution < -0.4 is 17.2 Å². The fourth-order valence-corrected chi connectivity index (χ4v) is 0.729. The van der Waals surface area contributed by atoms with E-state index in [0.717, 1.165) is 0 Å².